The zero-order chi connectivity index (χ0) is 18.6. The summed E-state index contributed by atoms with van der Waals surface area (Å²) in [6.45, 7) is 2.18. The lowest BCUT2D eigenvalue weighted by Crippen LogP contribution is -2.02. The van der Waals surface area contributed by atoms with Crippen LogP contribution in [0.15, 0.2) is 57.8 Å². The number of hydrogen-bond donors (Lipinski definition) is 1. The Balaban J connectivity index is 1.90. The van der Waals surface area contributed by atoms with Crippen molar-refractivity contribution >= 4 is 0 Å². The molecule has 26 heavy (non-hydrogen) atoms. The van der Waals surface area contributed by atoms with Crippen molar-refractivity contribution in [3.8, 4) is 11.8 Å². The molecule has 1 atom stereocenters. The van der Waals surface area contributed by atoms with E-state index in [4.69, 9.17) is 4.42 Å². The smallest absolute Gasteiger partial charge is 0.335 e. The van der Waals surface area contributed by atoms with Gasteiger partial charge >= 0.3 is 5.63 Å². The second-order valence-electron chi connectivity index (χ2n) is 6.09. The summed E-state index contributed by atoms with van der Waals surface area (Å²) in [4.78, 5) is 15.7. The first-order valence-electron chi connectivity index (χ1n) is 9.07. The summed E-state index contributed by atoms with van der Waals surface area (Å²) in [5.74, 6) is 6.28. The third-order valence-corrected chi connectivity index (χ3v) is 3.78. The van der Waals surface area contributed by atoms with Crippen molar-refractivity contribution in [3.05, 3.63) is 76.1 Å². The van der Waals surface area contributed by atoms with Crippen molar-refractivity contribution in [1.82, 2.24) is 4.98 Å². The molecular weight excluding hydrogens is 326 g/mol. The summed E-state index contributed by atoms with van der Waals surface area (Å²) >= 11 is 0. The molecule has 0 aliphatic rings. The normalized spacial score (nSPS) is 11.9. The molecule has 2 heterocycles. The highest BCUT2D eigenvalue weighted by atomic mass is 16.4. The van der Waals surface area contributed by atoms with Crippen LogP contribution in [0.3, 0.4) is 0 Å². The molecule has 0 saturated carbocycles. The van der Waals surface area contributed by atoms with E-state index >= 15 is 0 Å². The minimum Gasteiger partial charge on any atom is -0.427 e. The molecule has 0 bridgehead atoms. The van der Waals surface area contributed by atoms with Gasteiger partial charge in [0.05, 0.1) is 0 Å². The van der Waals surface area contributed by atoms with Crippen LogP contribution in [0.1, 0.15) is 56.2 Å². The lowest BCUT2D eigenvalue weighted by Gasteiger charge is -2.01. The minimum atomic E-state index is -0.699. The summed E-state index contributed by atoms with van der Waals surface area (Å²) in [5.41, 5.74) is 0.979. The van der Waals surface area contributed by atoms with Crippen molar-refractivity contribution in [1.29, 1.82) is 0 Å². The highest BCUT2D eigenvalue weighted by Crippen LogP contribution is 2.06. The predicted molar refractivity (Wildman–Crippen MR) is 103 cm³/mol. The lowest BCUT2D eigenvalue weighted by atomic mass is 10.1. The Morgan fingerprint density at radius 3 is 2.85 bits per heavy atom. The molecule has 0 saturated heterocycles. The molecule has 0 radical (unpaired) electrons. The van der Waals surface area contributed by atoms with Gasteiger partial charge < -0.3 is 9.52 Å². The highest BCUT2D eigenvalue weighted by Gasteiger charge is 2.02. The summed E-state index contributed by atoms with van der Waals surface area (Å²) < 4.78 is 5.12. The van der Waals surface area contributed by atoms with Gasteiger partial charge in [0.25, 0.3) is 0 Å². The first-order valence-corrected chi connectivity index (χ1v) is 9.07. The first-order chi connectivity index (χ1) is 12.7. The molecule has 2 aromatic heterocycles. The molecule has 0 aromatic carbocycles. The van der Waals surface area contributed by atoms with Crippen molar-refractivity contribution in [3.63, 3.8) is 0 Å². The lowest BCUT2D eigenvalue weighted by molar-refractivity contribution is 0.236. The van der Waals surface area contributed by atoms with Gasteiger partial charge in [0, 0.05) is 24.6 Å². The minimum absolute atomic E-state index is 0.371. The Morgan fingerprint density at radius 2 is 2.04 bits per heavy atom. The van der Waals surface area contributed by atoms with Crippen LogP contribution in [-0.4, -0.2) is 16.2 Å². The van der Waals surface area contributed by atoms with E-state index < -0.39 is 6.10 Å². The zero-order valence-electron chi connectivity index (χ0n) is 15.1. The maximum atomic E-state index is 11.2. The summed E-state index contributed by atoms with van der Waals surface area (Å²) in [6.07, 6.45) is 9.02. The predicted octanol–water partition coefficient (Wildman–Crippen LogP) is 3.86. The van der Waals surface area contributed by atoms with E-state index in [-0.39, 0.29) is 5.63 Å². The van der Waals surface area contributed by atoms with Gasteiger partial charge in [0.2, 0.25) is 0 Å². The summed E-state index contributed by atoms with van der Waals surface area (Å²) in [6, 6.07) is 10.3. The van der Waals surface area contributed by atoms with Crippen LogP contribution in [0, 0.1) is 11.8 Å². The summed E-state index contributed by atoms with van der Waals surface area (Å²) in [5, 5.41) is 9.95. The number of allylic oxidation sites excluding steroid dienone is 1. The Hall–Kier alpha value is -2.64. The SMILES string of the molecule is CCCCC/C=C/CC(O)C#Cc1cccc(Cc2cccc(=O)o2)n1. The van der Waals surface area contributed by atoms with Crippen LogP contribution in [0.25, 0.3) is 0 Å². The number of nitrogens with zero attached hydrogens (tertiary/aromatic N) is 1. The van der Waals surface area contributed by atoms with Gasteiger partial charge in [-0.1, -0.05) is 50.0 Å². The third-order valence-electron chi connectivity index (χ3n) is 3.78. The molecule has 4 heteroatoms. The van der Waals surface area contributed by atoms with Crippen LogP contribution < -0.4 is 5.63 Å². The average molecular weight is 351 g/mol. The Bertz CT molecular complexity index is 827. The highest BCUT2D eigenvalue weighted by molar-refractivity contribution is 5.30. The molecule has 1 N–H and O–H groups in total. The van der Waals surface area contributed by atoms with E-state index in [1.807, 2.05) is 18.2 Å². The maximum Gasteiger partial charge on any atom is 0.335 e. The van der Waals surface area contributed by atoms with Crippen LogP contribution >= 0.6 is 0 Å². The monoisotopic (exact) mass is 351 g/mol. The van der Waals surface area contributed by atoms with Gasteiger partial charge in [-0.3, -0.25) is 0 Å². The number of aliphatic hydroxyl groups excluding tert-OH is 1. The Kier molecular flexibility index (Phi) is 8.38. The molecule has 0 spiro atoms. The molecule has 0 aliphatic heterocycles. The molecule has 0 amide bonds. The maximum absolute atomic E-state index is 11.2. The standard InChI is InChI=1S/C22H25NO3/c1-2-3-4-5-6-7-12-20(24)16-15-18-10-8-11-19(23-18)17-21-13-9-14-22(25)26-21/h6-11,13-14,20,24H,2-5,12,17H2,1H3/b7-6+. The van der Waals surface area contributed by atoms with Crippen molar-refractivity contribution in [2.45, 2.75) is 51.6 Å². The van der Waals surface area contributed by atoms with E-state index in [9.17, 15) is 9.90 Å². The van der Waals surface area contributed by atoms with E-state index in [1.54, 1.807) is 18.2 Å². The zero-order valence-corrected chi connectivity index (χ0v) is 15.1. The number of unbranched alkanes of at least 4 members (excludes halogenated alkanes) is 3. The quantitative estimate of drug-likeness (QED) is 0.445. The molecule has 136 valence electrons. The molecule has 0 aliphatic carbocycles. The Morgan fingerprint density at radius 1 is 1.19 bits per heavy atom. The van der Waals surface area contributed by atoms with Crippen molar-refractivity contribution < 1.29 is 9.52 Å². The number of hydrogen-bond acceptors (Lipinski definition) is 4. The molecule has 4 nitrogen and oxygen atoms in total. The van der Waals surface area contributed by atoms with Crippen molar-refractivity contribution in [2.24, 2.45) is 0 Å². The van der Waals surface area contributed by atoms with Crippen LogP contribution in [0.4, 0.5) is 0 Å². The van der Waals surface area contributed by atoms with E-state index in [0.717, 1.165) is 12.1 Å². The molecule has 1 unspecified atom stereocenters. The fraction of sp³-hybridized carbons (Fsp3) is 0.364. The molecule has 2 rings (SSSR count). The van der Waals surface area contributed by atoms with E-state index in [0.29, 0.717) is 24.3 Å². The number of aliphatic hydroxyl groups is 1. The average Bonchev–Trinajstić information content (AvgIpc) is 2.63. The van der Waals surface area contributed by atoms with Gasteiger partial charge in [-0.15, -0.1) is 0 Å². The summed E-state index contributed by atoms with van der Waals surface area (Å²) in [7, 11) is 0. The van der Waals surface area contributed by atoms with Crippen LogP contribution in [-0.2, 0) is 6.42 Å². The van der Waals surface area contributed by atoms with Crippen LogP contribution in [0.5, 0.6) is 0 Å². The topological polar surface area (TPSA) is 63.3 Å². The van der Waals surface area contributed by atoms with Gasteiger partial charge in [-0.25, -0.2) is 9.78 Å². The Labute approximate surface area is 154 Å². The van der Waals surface area contributed by atoms with E-state index in [2.05, 4.69) is 29.8 Å². The molecular formula is C22H25NO3. The van der Waals surface area contributed by atoms with Crippen molar-refractivity contribution in [2.75, 3.05) is 0 Å². The second-order valence-corrected chi connectivity index (χ2v) is 6.09. The number of aromatic nitrogens is 1. The molecule has 2 aromatic rings. The molecule has 0 fully saturated rings. The van der Waals surface area contributed by atoms with Gasteiger partial charge in [-0.2, -0.15) is 0 Å². The fourth-order valence-electron chi connectivity index (χ4n) is 2.42. The first kappa shape index (κ1) is 19.7. The van der Waals surface area contributed by atoms with Gasteiger partial charge in [-0.05, 0) is 37.0 Å². The number of pyridine rings is 1. The fourth-order valence-corrected chi connectivity index (χ4v) is 2.42. The largest absolute Gasteiger partial charge is 0.427 e. The second kappa shape index (κ2) is 11.1. The van der Waals surface area contributed by atoms with Gasteiger partial charge in [0.15, 0.2) is 0 Å². The van der Waals surface area contributed by atoms with Crippen LogP contribution in [0.2, 0.25) is 0 Å². The van der Waals surface area contributed by atoms with E-state index in [1.165, 1.54) is 25.3 Å². The van der Waals surface area contributed by atoms with Gasteiger partial charge in [0.1, 0.15) is 17.6 Å². The number of rotatable bonds is 8. The third kappa shape index (κ3) is 7.50.